The standard InChI is InChI=1S/C21H24N4O4/c1-5-29-21-18-17(14-7-6-13(10-24-27)8-15(14)28-4)16(20(22)26)12(3)25-19(18)11(2)9-23-21/h6-10,17,25,27H,5H2,1-4H3,(H2,22,26)/b24-10-/t17-/m1/s1. The van der Waals surface area contributed by atoms with Crippen molar-refractivity contribution >= 4 is 17.8 Å². The molecule has 0 unspecified atom stereocenters. The van der Waals surface area contributed by atoms with Crippen LogP contribution < -0.4 is 20.5 Å². The molecule has 4 N–H and O–H groups in total. The van der Waals surface area contributed by atoms with Crippen molar-refractivity contribution in [3.05, 3.63) is 57.9 Å². The Labute approximate surface area is 169 Å². The number of aryl methyl sites for hydroxylation is 1. The quantitative estimate of drug-likeness (QED) is 0.392. The Hall–Kier alpha value is -3.55. The third-order valence-electron chi connectivity index (χ3n) is 4.89. The van der Waals surface area contributed by atoms with Gasteiger partial charge >= 0.3 is 0 Å². The maximum absolute atomic E-state index is 12.4. The highest BCUT2D eigenvalue weighted by atomic mass is 16.5. The number of hydrogen-bond acceptors (Lipinski definition) is 7. The molecule has 2 heterocycles. The van der Waals surface area contributed by atoms with Crippen molar-refractivity contribution in [1.29, 1.82) is 0 Å². The van der Waals surface area contributed by atoms with Gasteiger partial charge in [0.25, 0.3) is 0 Å². The molecular formula is C21H24N4O4. The Morgan fingerprint density at radius 2 is 2.17 bits per heavy atom. The van der Waals surface area contributed by atoms with E-state index < -0.39 is 11.8 Å². The van der Waals surface area contributed by atoms with Crippen LogP contribution >= 0.6 is 0 Å². The number of nitrogens with one attached hydrogen (secondary N) is 1. The van der Waals surface area contributed by atoms with Gasteiger partial charge in [0.1, 0.15) is 5.75 Å². The number of amides is 1. The van der Waals surface area contributed by atoms with Crippen LogP contribution in [-0.2, 0) is 4.79 Å². The fourth-order valence-electron chi connectivity index (χ4n) is 3.66. The lowest BCUT2D eigenvalue weighted by molar-refractivity contribution is -0.114. The number of benzene rings is 1. The number of anilines is 1. The number of rotatable bonds is 6. The predicted molar refractivity (Wildman–Crippen MR) is 110 cm³/mol. The molecule has 1 aromatic heterocycles. The van der Waals surface area contributed by atoms with E-state index >= 15 is 0 Å². The molecule has 1 atom stereocenters. The molecule has 0 fully saturated rings. The van der Waals surface area contributed by atoms with E-state index in [4.69, 9.17) is 20.4 Å². The third kappa shape index (κ3) is 3.61. The zero-order valence-corrected chi connectivity index (χ0v) is 16.8. The number of ether oxygens (including phenoxy) is 2. The van der Waals surface area contributed by atoms with Crippen molar-refractivity contribution in [1.82, 2.24) is 4.98 Å². The predicted octanol–water partition coefficient (Wildman–Crippen LogP) is 2.92. The highest BCUT2D eigenvalue weighted by Gasteiger charge is 2.36. The number of oxime groups is 1. The minimum absolute atomic E-state index is 0.410. The summed E-state index contributed by atoms with van der Waals surface area (Å²) in [7, 11) is 1.54. The molecule has 1 amide bonds. The van der Waals surface area contributed by atoms with Crippen LogP contribution in [0.3, 0.4) is 0 Å². The van der Waals surface area contributed by atoms with Crippen molar-refractivity contribution in [3.63, 3.8) is 0 Å². The first-order chi connectivity index (χ1) is 13.9. The number of aromatic nitrogens is 1. The minimum Gasteiger partial charge on any atom is -0.496 e. The molecule has 0 bridgehead atoms. The molecule has 3 rings (SSSR count). The van der Waals surface area contributed by atoms with E-state index in [0.717, 1.165) is 22.4 Å². The second-order valence-electron chi connectivity index (χ2n) is 6.67. The number of methoxy groups -OCH3 is 1. The smallest absolute Gasteiger partial charge is 0.247 e. The summed E-state index contributed by atoms with van der Waals surface area (Å²) >= 11 is 0. The van der Waals surface area contributed by atoms with Crippen LogP contribution in [0.25, 0.3) is 0 Å². The lowest BCUT2D eigenvalue weighted by atomic mass is 9.79. The zero-order valence-electron chi connectivity index (χ0n) is 16.8. The maximum Gasteiger partial charge on any atom is 0.247 e. The second-order valence-corrected chi connectivity index (χ2v) is 6.67. The number of fused-ring (bicyclic) bond motifs is 1. The van der Waals surface area contributed by atoms with Gasteiger partial charge in [-0.3, -0.25) is 4.79 Å². The van der Waals surface area contributed by atoms with E-state index in [1.54, 1.807) is 25.4 Å². The fourth-order valence-corrected chi connectivity index (χ4v) is 3.66. The van der Waals surface area contributed by atoms with Crippen molar-refractivity contribution in [2.45, 2.75) is 26.7 Å². The summed E-state index contributed by atoms with van der Waals surface area (Å²) in [6.45, 7) is 6.05. The van der Waals surface area contributed by atoms with E-state index in [2.05, 4.69) is 15.5 Å². The highest BCUT2D eigenvalue weighted by Crippen LogP contribution is 2.48. The molecular weight excluding hydrogens is 372 g/mol. The third-order valence-corrected chi connectivity index (χ3v) is 4.89. The highest BCUT2D eigenvalue weighted by molar-refractivity contribution is 5.98. The SMILES string of the molecule is CCOc1ncc(C)c2c1[C@H](c1ccc(/C=N\O)cc1OC)C(C(N)=O)=C(C)N2. The second kappa shape index (κ2) is 8.22. The molecule has 1 aromatic carbocycles. The number of allylic oxidation sites excluding steroid dienone is 1. The zero-order chi connectivity index (χ0) is 21.1. The van der Waals surface area contributed by atoms with Crippen LogP contribution in [0.15, 0.2) is 40.8 Å². The van der Waals surface area contributed by atoms with Crippen LogP contribution in [0.5, 0.6) is 11.6 Å². The summed E-state index contributed by atoms with van der Waals surface area (Å²) in [5, 5.41) is 15.2. The van der Waals surface area contributed by atoms with E-state index in [1.807, 2.05) is 26.8 Å². The van der Waals surface area contributed by atoms with Crippen molar-refractivity contribution in [2.75, 3.05) is 19.0 Å². The molecule has 1 aliphatic heterocycles. The summed E-state index contributed by atoms with van der Waals surface area (Å²) in [6, 6.07) is 5.33. The van der Waals surface area contributed by atoms with Crippen molar-refractivity contribution in [3.8, 4) is 11.6 Å². The van der Waals surface area contributed by atoms with Gasteiger partial charge in [0, 0.05) is 23.0 Å². The van der Waals surface area contributed by atoms with Gasteiger partial charge in [0.05, 0.1) is 37.1 Å². The number of carbonyl (C=O) groups excluding carboxylic acids is 1. The molecule has 8 nitrogen and oxygen atoms in total. The number of primary amides is 1. The van der Waals surface area contributed by atoms with Gasteiger partial charge in [0.2, 0.25) is 11.8 Å². The summed E-state index contributed by atoms with van der Waals surface area (Å²) in [4.78, 5) is 16.9. The minimum atomic E-state index is -0.544. The maximum atomic E-state index is 12.4. The largest absolute Gasteiger partial charge is 0.496 e. The van der Waals surface area contributed by atoms with Gasteiger partial charge in [-0.25, -0.2) is 4.98 Å². The first-order valence-corrected chi connectivity index (χ1v) is 9.18. The number of nitrogens with two attached hydrogens (primary N) is 1. The monoisotopic (exact) mass is 396 g/mol. The van der Waals surface area contributed by atoms with E-state index in [1.165, 1.54) is 6.21 Å². The van der Waals surface area contributed by atoms with Crippen LogP contribution in [-0.4, -0.2) is 36.0 Å². The van der Waals surface area contributed by atoms with Gasteiger partial charge in [-0.2, -0.15) is 0 Å². The summed E-state index contributed by atoms with van der Waals surface area (Å²) < 4.78 is 11.4. The Bertz CT molecular complexity index is 1010. The molecule has 0 spiro atoms. The van der Waals surface area contributed by atoms with Gasteiger partial charge in [-0.05, 0) is 38.0 Å². The van der Waals surface area contributed by atoms with E-state index in [9.17, 15) is 4.79 Å². The lowest BCUT2D eigenvalue weighted by Crippen LogP contribution is -2.28. The molecule has 1 aliphatic rings. The van der Waals surface area contributed by atoms with Crippen LogP contribution in [0.1, 0.15) is 42.0 Å². The summed E-state index contributed by atoms with van der Waals surface area (Å²) in [5.74, 6) is -0.124. The average Bonchev–Trinajstić information content (AvgIpc) is 2.69. The molecule has 0 radical (unpaired) electrons. The Kier molecular flexibility index (Phi) is 5.72. The number of carbonyl (C=O) groups is 1. The van der Waals surface area contributed by atoms with Gasteiger partial charge in [0.15, 0.2) is 0 Å². The lowest BCUT2D eigenvalue weighted by Gasteiger charge is -2.32. The molecule has 152 valence electrons. The number of pyridine rings is 1. The first-order valence-electron chi connectivity index (χ1n) is 9.18. The Balaban J connectivity index is 2.34. The van der Waals surface area contributed by atoms with Crippen molar-refractivity contribution in [2.24, 2.45) is 10.9 Å². The van der Waals surface area contributed by atoms with Crippen LogP contribution in [0, 0.1) is 6.92 Å². The average molecular weight is 396 g/mol. The summed E-state index contributed by atoms with van der Waals surface area (Å²) in [5.41, 5.74) is 10.7. The number of nitrogens with zero attached hydrogens (tertiary/aromatic N) is 2. The topological polar surface area (TPSA) is 119 Å². The summed E-state index contributed by atoms with van der Waals surface area (Å²) in [6.07, 6.45) is 3.03. The van der Waals surface area contributed by atoms with E-state index in [0.29, 0.717) is 35.1 Å². The molecule has 8 heteroatoms. The molecule has 2 aromatic rings. The normalized spacial score (nSPS) is 15.8. The first kappa shape index (κ1) is 20.2. The van der Waals surface area contributed by atoms with Gasteiger partial charge < -0.3 is 25.7 Å². The molecule has 0 aliphatic carbocycles. The van der Waals surface area contributed by atoms with Gasteiger partial charge in [-0.1, -0.05) is 17.3 Å². The molecule has 29 heavy (non-hydrogen) atoms. The van der Waals surface area contributed by atoms with Crippen LogP contribution in [0.2, 0.25) is 0 Å². The van der Waals surface area contributed by atoms with Crippen molar-refractivity contribution < 1.29 is 19.5 Å². The molecule has 0 saturated heterocycles. The fraction of sp³-hybridized carbons (Fsp3) is 0.286. The van der Waals surface area contributed by atoms with Gasteiger partial charge in [-0.15, -0.1) is 0 Å². The molecule has 0 saturated carbocycles. The number of hydrogen-bond donors (Lipinski definition) is 3. The van der Waals surface area contributed by atoms with E-state index in [-0.39, 0.29) is 0 Å². The van der Waals surface area contributed by atoms with Crippen LogP contribution in [0.4, 0.5) is 5.69 Å². The Morgan fingerprint density at radius 1 is 1.41 bits per heavy atom. The Morgan fingerprint density at radius 3 is 2.79 bits per heavy atom.